The molecule has 3 rings (SSSR count). The lowest BCUT2D eigenvalue weighted by molar-refractivity contribution is -0.124. The number of amides is 1. The standard InChI is InChI=1S/C18H16F2N4O2/c1-12(24-9-3-8-23-24)17(25)22-11-13-4-2-7-21-18(13)26-14-5-6-15(19)16(20)10-14/h2-10,12H,11H2,1H3,(H,22,25)/t12-/m0/s1. The number of hydrogen-bond acceptors (Lipinski definition) is 4. The molecule has 0 fully saturated rings. The van der Waals surface area contributed by atoms with E-state index in [1.54, 1.807) is 37.5 Å². The van der Waals surface area contributed by atoms with Crippen LogP contribution in [0.4, 0.5) is 8.78 Å². The molecule has 2 heterocycles. The zero-order chi connectivity index (χ0) is 18.5. The number of nitrogens with one attached hydrogen (secondary N) is 1. The third kappa shape index (κ3) is 4.02. The van der Waals surface area contributed by atoms with Gasteiger partial charge < -0.3 is 10.1 Å². The van der Waals surface area contributed by atoms with Gasteiger partial charge in [0.15, 0.2) is 11.6 Å². The minimum Gasteiger partial charge on any atom is -0.439 e. The highest BCUT2D eigenvalue weighted by molar-refractivity contribution is 5.79. The predicted octanol–water partition coefficient (Wildman–Crippen LogP) is 3.23. The molecular formula is C18H16F2N4O2. The molecule has 134 valence electrons. The van der Waals surface area contributed by atoms with Gasteiger partial charge in [-0.05, 0) is 31.2 Å². The van der Waals surface area contributed by atoms with Gasteiger partial charge in [0, 0.05) is 36.8 Å². The summed E-state index contributed by atoms with van der Waals surface area (Å²) in [5.41, 5.74) is 0.596. The summed E-state index contributed by atoms with van der Waals surface area (Å²) in [7, 11) is 0. The van der Waals surface area contributed by atoms with Crippen molar-refractivity contribution in [1.29, 1.82) is 0 Å². The first-order valence-corrected chi connectivity index (χ1v) is 7.88. The van der Waals surface area contributed by atoms with Crippen molar-refractivity contribution in [3.05, 3.63) is 72.2 Å². The van der Waals surface area contributed by atoms with Gasteiger partial charge in [-0.1, -0.05) is 6.07 Å². The number of halogens is 2. The average molecular weight is 358 g/mol. The van der Waals surface area contributed by atoms with Crippen molar-refractivity contribution < 1.29 is 18.3 Å². The molecule has 0 aliphatic rings. The van der Waals surface area contributed by atoms with Crippen molar-refractivity contribution in [2.75, 3.05) is 0 Å². The Labute approximate surface area is 148 Å². The van der Waals surface area contributed by atoms with Crippen LogP contribution in [0.25, 0.3) is 0 Å². The van der Waals surface area contributed by atoms with Crippen molar-refractivity contribution in [2.45, 2.75) is 19.5 Å². The summed E-state index contributed by atoms with van der Waals surface area (Å²) in [4.78, 5) is 16.3. The Hall–Kier alpha value is -3.29. The van der Waals surface area contributed by atoms with Crippen LogP contribution >= 0.6 is 0 Å². The first kappa shape index (κ1) is 17.5. The third-order valence-electron chi connectivity index (χ3n) is 3.71. The van der Waals surface area contributed by atoms with Gasteiger partial charge >= 0.3 is 0 Å². The second kappa shape index (κ2) is 7.73. The van der Waals surface area contributed by atoms with E-state index in [0.717, 1.165) is 12.1 Å². The third-order valence-corrected chi connectivity index (χ3v) is 3.71. The molecule has 2 aromatic heterocycles. The van der Waals surface area contributed by atoms with Crippen LogP contribution in [0, 0.1) is 11.6 Å². The molecule has 0 saturated carbocycles. The van der Waals surface area contributed by atoms with Crippen LogP contribution < -0.4 is 10.1 Å². The van der Waals surface area contributed by atoms with Gasteiger partial charge in [0.25, 0.3) is 0 Å². The molecule has 0 saturated heterocycles. The monoisotopic (exact) mass is 358 g/mol. The van der Waals surface area contributed by atoms with E-state index >= 15 is 0 Å². The molecule has 0 unspecified atom stereocenters. The summed E-state index contributed by atoms with van der Waals surface area (Å²) >= 11 is 0. The molecule has 0 spiro atoms. The molecule has 1 aromatic carbocycles. The highest BCUT2D eigenvalue weighted by atomic mass is 19.2. The topological polar surface area (TPSA) is 69.0 Å². The van der Waals surface area contributed by atoms with E-state index in [2.05, 4.69) is 15.4 Å². The molecule has 0 aliphatic carbocycles. The van der Waals surface area contributed by atoms with E-state index in [1.807, 2.05) is 0 Å². The van der Waals surface area contributed by atoms with Crippen LogP contribution in [-0.2, 0) is 11.3 Å². The fourth-order valence-corrected chi connectivity index (χ4v) is 2.26. The highest BCUT2D eigenvalue weighted by Crippen LogP contribution is 2.24. The van der Waals surface area contributed by atoms with E-state index in [1.165, 1.54) is 16.9 Å². The Morgan fingerprint density at radius 1 is 1.23 bits per heavy atom. The molecule has 0 radical (unpaired) electrons. The van der Waals surface area contributed by atoms with Gasteiger partial charge in [-0.3, -0.25) is 9.48 Å². The SMILES string of the molecule is C[C@@H](C(=O)NCc1cccnc1Oc1ccc(F)c(F)c1)n1cccn1. The number of hydrogen-bond donors (Lipinski definition) is 1. The predicted molar refractivity (Wildman–Crippen MR) is 89.5 cm³/mol. The van der Waals surface area contributed by atoms with Crippen molar-refractivity contribution >= 4 is 5.91 Å². The molecular weight excluding hydrogens is 342 g/mol. The van der Waals surface area contributed by atoms with Crippen LogP contribution in [0.5, 0.6) is 11.6 Å². The summed E-state index contributed by atoms with van der Waals surface area (Å²) in [5.74, 6) is -1.89. The van der Waals surface area contributed by atoms with E-state index < -0.39 is 17.7 Å². The van der Waals surface area contributed by atoms with Crippen LogP contribution in [-0.4, -0.2) is 20.7 Å². The maximum absolute atomic E-state index is 13.3. The zero-order valence-electron chi connectivity index (χ0n) is 13.9. The fraction of sp³-hybridized carbons (Fsp3) is 0.167. The number of benzene rings is 1. The Balaban J connectivity index is 1.69. The van der Waals surface area contributed by atoms with Gasteiger partial charge in [-0.2, -0.15) is 5.10 Å². The Morgan fingerprint density at radius 3 is 2.81 bits per heavy atom. The number of carbonyl (C=O) groups excluding carboxylic acids is 1. The van der Waals surface area contributed by atoms with Gasteiger partial charge in [-0.25, -0.2) is 13.8 Å². The van der Waals surface area contributed by atoms with E-state index in [4.69, 9.17) is 4.74 Å². The van der Waals surface area contributed by atoms with Crippen molar-refractivity contribution in [1.82, 2.24) is 20.1 Å². The lowest BCUT2D eigenvalue weighted by atomic mass is 10.2. The Kier molecular flexibility index (Phi) is 5.21. The van der Waals surface area contributed by atoms with Crippen LogP contribution in [0.15, 0.2) is 55.0 Å². The second-order valence-electron chi connectivity index (χ2n) is 5.53. The van der Waals surface area contributed by atoms with Crippen molar-refractivity contribution in [3.63, 3.8) is 0 Å². The minimum atomic E-state index is -1.01. The van der Waals surface area contributed by atoms with Gasteiger partial charge in [0.05, 0.1) is 0 Å². The smallest absolute Gasteiger partial charge is 0.244 e. The van der Waals surface area contributed by atoms with Crippen molar-refractivity contribution in [2.24, 2.45) is 0 Å². The molecule has 1 amide bonds. The summed E-state index contributed by atoms with van der Waals surface area (Å²) in [6, 6.07) is 7.88. The minimum absolute atomic E-state index is 0.111. The Morgan fingerprint density at radius 2 is 2.08 bits per heavy atom. The summed E-state index contributed by atoms with van der Waals surface area (Å²) in [6.07, 6.45) is 4.80. The normalized spacial score (nSPS) is 11.8. The molecule has 0 bridgehead atoms. The molecule has 0 aliphatic heterocycles. The number of pyridine rings is 1. The fourth-order valence-electron chi connectivity index (χ4n) is 2.26. The largest absolute Gasteiger partial charge is 0.439 e. The van der Waals surface area contributed by atoms with E-state index in [-0.39, 0.29) is 24.1 Å². The number of aromatic nitrogens is 3. The number of nitrogens with zero attached hydrogens (tertiary/aromatic N) is 3. The van der Waals surface area contributed by atoms with Gasteiger partial charge in [0.1, 0.15) is 11.8 Å². The lowest BCUT2D eigenvalue weighted by Crippen LogP contribution is -2.31. The number of ether oxygens (including phenoxy) is 1. The Bertz CT molecular complexity index is 900. The van der Waals surface area contributed by atoms with E-state index in [9.17, 15) is 13.6 Å². The molecule has 1 N–H and O–H groups in total. The van der Waals surface area contributed by atoms with Crippen LogP contribution in [0.2, 0.25) is 0 Å². The number of rotatable bonds is 6. The van der Waals surface area contributed by atoms with Gasteiger partial charge in [0.2, 0.25) is 11.8 Å². The maximum atomic E-state index is 13.3. The summed E-state index contributed by atoms with van der Waals surface area (Å²) < 4.78 is 33.4. The first-order valence-electron chi connectivity index (χ1n) is 7.88. The van der Waals surface area contributed by atoms with Crippen LogP contribution in [0.1, 0.15) is 18.5 Å². The highest BCUT2D eigenvalue weighted by Gasteiger charge is 2.16. The molecule has 3 aromatic rings. The second-order valence-corrected chi connectivity index (χ2v) is 5.53. The van der Waals surface area contributed by atoms with Crippen molar-refractivity contribution in [3.8, 4) is 11.6 Å². The number of carbonyl (C=O) groups is 1. The zero-order valence-corrected chi connectivity index (χ0v) is 13.9. The first-order chi connectivity index (χ1) is 12.5. The average Bonchev–Trinajstić information content (AvgIpc) is 3.18. The lowest BCUT2D eigenvalue weighted by Gasteiger charge is -2.14. The van der Waals surface area contributed by atoms with E-state index in [0.29, 0.717) is 5.56 Å². The maximum Gasteiger partial charge on any atom is 0.244 e. The summed E-state index contributed by atoms with van der Waals surface area (Å²) in [5, 5.41) is 6.81. The molecule has 6 nitrogen and oxygen atoms in total. The molecule has 1 atom stereocenters. The summed E-state index contributed by atoms with van der Waals surface area (Å²) in [6.45, 7) is 1.89. The van der Waals surface area contributed by atoms with Crippen LogP contribution in [0.3, 0.4) is 0 Å². The molecule has 8 heteroatoms. The molecule has 26 heavy (non-hydrogen) atoms. The quantitative estimate of drug-likeness (QED) is 0.735. The van der Waals surface area contributed by atoms with Gasteiger partial charge in [-0.15, -0.1) is 0 Å².